The van der Waals surface area contributed by atoms with Gasteiger partial charge < -0.3 is 0 Å². The van der Waals surface area contributed by atoms with Crippen molar-refractivity contribution in [2.24, 2.45) is 0 Å². The Morgan fingerprint density at radius 2 is 1.94 bits per heavy atom. The lowest BCUT2D eigenvalue weighted by Crippen LogP contribution is -2.07. The molecule has 0 radical (unpaired) electrons. The molecule has 1 heterocycles. The van der Waals surface area contributed by atoms with Gasteiger partial charge >= 0.3 is 0 Å². The van der Waals surface area contributed by atoms with Crippen LogP contribution in [0.25, 0.3) is 11.3 Å². The molecule has 0 unspecified atom stereocenters. The van der Waals surface area contributed by atoms with Crippen molar-refractivity contribution in [2.75, 3.05) is 6.26 Å². The van der Waals surface area contributed by atoms with Gasteiger partial charge in [0, 0.05) is 11.8 Å². The van der Waals surface area contributed by atoms with Gasteiger partial charge in [0.15, 0.2) is 5.16 Å². The summed E-state index contributed by atoms with van der Waals surface area (Å²) in [5.41, 5.74) is 5.08. The van der Waals surface area contributed by atoms with Gasteiger partial charge in [0.25, 0.3) is 0 Å². The van der Waals surface area contributed by atoms with Crippen molar-refractivity contribution < 1.29 is 0 Å². The number of fused-ring (bicyclic) bond motifs is 3. The molecule has 1 aromatic carbocycles. The van der Waals surface area contributed by atoms with Gasteiger partial charge in [-0.05, 0) is 30.2 Å². The van der Waals surface area contributed by atoms with Crippen LogP contribution < -0.4 is 0 Å². The van der Waals surface area contributed by atoms with Crippen LogP contribution in [-0.2, 0) is 12.8 Å². The summed E-state index contributed by atoms with van der Waals surface area (Å²) in [6.07, 6.45) is 6.15. The SMILES string of the molecule is CSc1ncc2c(n1)-c1ccccc1CC2. The molecule has 0 fully saturated rings. The second-order valence-corrected chi connectivity index (χ2v) is 4.66. The maximum absolute atomic E-state index is 4.62. The Morgan fingerprint density at radius 3 is 2.81 bits per heavy atom. The maximum Gasteiger partial charge on any atom is 0.187 e. The third-order valence-corrected chi connectivity index (χ3v) is 3.52. The van der Waals surface area contributed by atoms with Crippen LogP contribution in [0.15, 0.2) is 35.6 Å². The highest BCUT2D eigenvalue weighted by Crippen LogP contribution is 2.32. The van der Waals surface area contributed by atoms with E-state index < -0.39 is 0 Å². The summed E-state index contributed by atoms with van der Waals surface area (Å²) in [5, 5.41) is 0.857. The van der Waals surface area contributed by atoms with Crippen LogP contribution in [-0.4, -0.2) is 16.2 Å². The largest absolute Gasteiger partial charge is 0.231 e. The standard InChI is InChI=1S/C13H12N2S/c1-16-13-14-8-10-7-6-9-4-2-3-5-11(9)12(10)15-13/h2-5,8H,6-7H2,1H3. The van der Waals surface area contributed by atoms with Crippen LogP contribution in [0.1, 0.15) is 11.1 Å². The molecule has 3 rings (SSSR count). The molecule has 0 atom stereocenters. The Labute approximate surface area is 99.1 Å². The zero-order valence-electron chi connectivity index (χ0n) is 9.10. The Hall–Kier alpha value is -1.35. The van der Waals surface area contributed by atoms with Crippen molar-refractivity contribution in [2.45, 2.75) is 18.0 Å². The molecule has 1 aliphatic carbocycles. The minimum Gasteiger partial charge on any atom is -0.231 e. The van der Waals surface area contributed by atoms with Gasteiger partial charge in [-0.2, -0.15) is 0 Å². The summed E-state index contributed by atoms with van der Waals surface area (Å²) < 4.78 is 0. The van der Waals surface area contributed by atoms with E-state index in [0.717, 1.165) is 23.7 Å². The van der Waals surface area contributed by atoms with E-state index in [1.54, 1.807) is 11.8 Å². The summed E-state index contributed by atoms with van der Waals surface area (Å²) >= 11 is 1.59. The molecular weight excluding hydrogens is 216 g/mol. The molecule has 1 aliphatic rings. The topological polar surface area (TPSA) is 25.8 Å². The first-order valence-corrected chi connectivity index (χ1v) is 6.59. The van der Waals surface area contributed by atoms with Crippen molar-refractivity contribution in [1.29, 1.82) is 0 Å². The van der Waals surface area contributed by atoms with E-state index in [1.807, 2.05) is 12.5 Å². The van der Waals surface area contributed by atoms with E-state index in [0.29, 0.717) is 0 Å². The molecule has 0 amide bonds. The lowest BCUT2D eigenvalue weighted by molar-refractivity contribution is 0.869. The normalized spacial score (nSPS) is 13.1. The molecule has 0 bridgehead atoms. The van der Waals surface area contributed by atoms with Crippen molar-refractivity contribution in [3.63, 3.8) is 0 Å². The second-order valence-electron chi connectivity index (χ2n) is 3.89. The third-order valence-electron chi connectivity index (χ3n) is 2.96. The fourth-order valence-electron chi connectivity index (χ4n) is 2.14. The summed E-state index contributed by atoms with van der Waals surface area (Å²) in [5.74, 6) is 0. The first-order chi connectivity index (χ1) is 7.88. The Balaban J connectivity index is 2.22. The third kappa shape index (κ3) is 1.52. The lowest BCUT2D eigenvalue weighted by atomic mass is 9.90. The predicted octanol–water partition coefficient (Wildman–Crippen LogP) is 2.96. The molecule has 0 saturated carbocycles. The molecule has 3 heteroatoms. The van der Waals surface area contributed by atoms with E-state index in [2.05, 4.69) is 34.2 Å². The van der Waals surface area contributed by atoms with Gasteiger partial charge in [0.05, 0.1) is 5.69 Å². The van der Waals surface area contributed by atoms with Crippen molar-refractivity contribution in [1.82, 2.24) is 9.97 Å². The minimum absolute atomic E-state index is 0.857. The van der Waals surface area contributed by atoms with E-state index >= 15 is 0 Å². The highest BCUT2D eigenvalue weighted by Gasteiger charge is 2.17. The number of nitrogens with zero attached hydrogens (tertiary/aromatic N) is 2. The van der Waals surface area contributed by atoms with Gasteiger partial charge in [-0.25, -0.2) is 9.97 Å². The molecule has 16 heavy (non-hydrogen) atoms. The van der Waals surface area contributed by atoms with Crippen LogP contribution in [0.4, 0.5) is 0 Å². The zero-order valence-corrected chi connectivity index (χ0v) is 9.92. The maximum atomic E-state index is 4.62. The van der Waals surface area contributed by atoms with E-state index in [9.17, 15) is 0 Å². The van der Waals surface area contributed by atoms with Gasteiger partial charge in [0.2, 0.25) is 0 Å². The van der Waals surface area contributed by atoms with E-state index in [1.165, 1.54) is 16.7 Å². The Bertz CT molecular complexity index is 537. The molecule has 0 N–H and O–H groups in total. The molecule has 0 aliphatic heterocycles. The fraction of sp³-hybridized carbons (Fsp3) is 0.231. The smallest absolute Gasteiger partial charge is 0.187 e. The van der Waals surface area contributed by atoms with E-state index in [-0.39, 0.29) is 0 Å². The minimum atomic E-state index is 0.857. The van der Waals surface area contributed by atoms with Crippen molar-refractivity contribution in [3.8, 4) is 11.3 Å². The Morgan fingerprint density at radius 1 is 1.12 bits per heavy atom. The number of thioether (sulfide) groups is 1. The van der Waals surface area contributed by atoms with Crippen LogP contribution in [0.5, 0.6) is 0 Å². The Kier molecular flexibility index (Phi) is 2.40. The van der Waals surface area contributed by atoms with Crippen LogP contribution in [0, 0.1) is 0 Å². The highest BCUT2D eigenvalue weighted by molar-refractivity contribution is 7.98. The first-order valence-electron chi connectivity index (χ1n) is 5.36. The zero-order chi connectivity index (χ0) is 11.0. The van der Waals surface area contributed by atoms with Crippen LogP contribution in [0.3, 0.4) is 0 Å². The summed E-state index contributed by atoms with van der Waals surface area (Å²) in [7, 11) is 0. The summed E-state index contributed by atoms with van der Waals surface area (Å²) in [6, 6.07) is 8.53. The summed E-state index contributed by atoms with van der Waals surface area (Å²) in [6.45, 7) is 0. The number of aromatic nitrogens is 2. The number of aryl methyl sites for hydroxylation is 2. The molecule has 1 aromatic heterocycles. The van der Waals surface area contributed by atoms with Gasteiger partial charge in [-0.1, -0.05) is 36.0 Å². The quantitative estimate of drug-likeness (QED) is 0.554. The van der Waals surface area contributed by atoms with Gasteiger partial charge in [-0.3, -0.25) is 0 Å². The molecule has 0 spiro atoms. The average molecular weight is 228 g/mol. The monoisotopic (exact) mass is 228 g/mol. The lowest BCUT2D eigenvalue weighted by Gasteiger charge is -2.18. The van der Waals surface area contributed by atoms with Gasteiger partial charge in [0.1, 0.15) is 0 Å². The number of benzene rings is 1. The van der Waals surface area contributed by atoms with Crippen LogP contribution in [0.2, 0.25) is 0 Å². The van der Waals surface area contributed by atoms with Crippen molar-refractivity contribution in [3.05, 3.63) is 41.6 Å². The molecular formula is C13H12N2S. The second kappa shape index (κ2) is 3.91. The van der Waals surface area contributed by atoms with Gasteiger partial charge in [-0.15, -0.1) is 0 Å². The number of hydrogen-bond acceptors (Lipinski definition) is 3. The summed E-state index contributed by atoms with van der Waals surface area (Å²) in [4.78, 5) is 8.96. The number of rotatable bonds is 1. The molecule has 2 aromatic rings. The fourth-order valence-corrected chi connectivity index (χ4v) is 2.48. The highest BCUT2D eigenvalue weighted by atomic mass is 32.2. The predicted molar refractivity (Wildman–Crippen MR) is 66.7 cm³/mol. The van der Waals surface area contributed by atoms with E-state index in [4.69, 9.17) is 0 Å². The average Bonchev–Trinajstić information content (AvgIpc) is 2.38. The first kappa shape index (κ1) is 9.85. The van der Waals surface area contributed by atoms with Crippen molar-refractivity contribution >= 4 is 11.8 Å². The molecule has 80 valence electrons. The number of hydrogen-bond donors (Lipinski definition) is 0. The molecule has 0 saturated heterocycles. The van der Waals surface area contributed by atoms with Crippen LogP contribution >= 0.6 is 11.8 Å². The molecule has 2 nitrogen and oxygen atoms in total.